The predicted octanol–water partition coefficient (Wildman–Crippen LogP) is 5.17. The molecule has 222 valence electrons. The number of likely N-dealkylation sites (N-methyl/N-ethyl adjacent to an activating group) is 1. The predicted molar refractivity (Wildman–Crippen MR) is 165 cm³/mol. The normalized spacial score (nSPS) is 18.4. The summed E-state index contributed by atoms with van der Waals surface area (Å²) in [4.78, 5) is 27.1. The van der Waals surface area contributed by atoms with Gasteiger partial charge in [0.15, 0.2) is 6.29 Å². The van der Waals surface area contributed by atoms with Crippen LogP contribution in [0.1, 0.15) is 54.8 Å². The molecule has 9 heteroatoms. The standard InChI is InChI=1S/C33H40N4O5/c1-3-18-37(2)21-27-20-30(24-16-14-23(22-38)15-17-24)42-33(41-27)25-8-6-9-26(19-25)35-31(39)12-7-13-32(40)36-29-11-5-4-10-28(29)34/h3-6,8-11,14-17,19,27,30,33,38H,1,7,12-13,18,20-22,34H2,2H3,(H,35,39)(H,36,40). The average molecular weight is 573 g/mol. The number of hydrogen-bond acceptors (Lipinski definition) is 7. The molecule has 9 nitrogen and oxygen atoms in total. The number of nitrogens with two attached hydrogens (primary N) is 1. The molecule has 1 aliphatic rings. The molecule has 1 fully saturated rings. The third kappa shape index (κ3) is 8.99. The number of rotatable bonds is 13. The molecule has 1 saturated heterocycles. The Labute approximate surface area is 247 Å². The van der Waals surface area contributed by atoms with Gasteiger partial charge in [-0.05, 0) is 48.9 Å². The maximum absolute atomic E-state index is 12.7. The number of anilines is 3. The summed E-state index contributed by atoms with van der Waals surface area (Å²) in [6.07, 6.45) is 2.41. The lowest BCUT2D eigenvalue weighted by molar-refractivity contribution is -0.252. The monoisotopic (exact) mass is 572 g/mol. The van der Waals surface area contributed by atoms with Crippen LogP contribution < -0.4 is 16.4 Å². The number of nitrogens with zero attached hydrogens (tertiary/aromatic N) is 1. The number of aliphatic hydroxyl groups is 1. The highest BCUT2D eigenvalue weighted by atomic mass is 16.7. The highest BCUT2D eigenvalue weighted by molar-refractivity contribution is 5.94. The van der Waals surface area contributed by atoms with Crippen LogP contribution in [0.25, 0.3) is 0 Å². The van der Waals surface area contributed by atoms with Gasteiger partial charge in [-0.3, -0.25) is 9.59 Å². The molecule has 4 rings (SSSR count). The van der Waals surface area contributed by atoms with E-state index in [1.807, 2.05) is 61.7 Å². The van der Waals surface area contributed by atoms with Gasteiger partial charge in [0.1, 0.15) is 0 Å². The fourth-order valence-corrected chi connectivity index (χ4v) is 4.90. The Bertz CT molecular complexity index is 1350. The molecule has 3 aromatic carbocycles. The van der Waals surface area contributed by atoms with E-state index in [2.05, 4.69) is 22.1 Å². The van der Waals surface area contributed by atoms with E-state index in [0.717, 1.165) is 23.2 Å². The zero-order valence-electron chi connectivity index (χ0n) is 24.0. The van der Waals surface area contributed by atoms with Crippen LogP contribution in [-0.4, -0.2) is 48.1 Å². The van der Waals surface area contributed by atoms with E-state index in [1.165, 1.54) is 0 Å². The SMILES string of the molecule is C=CCN(C)CC1CC(c2ccc(CO)cc2)OC(c2cccc(NC(=O)CCCC(=O)Nc3ccccc3N)c2)O1. The number of ether oxygens (including phenoxy) is 2. The first-order chi connectivity index (χ1) is 20.3. The summed E-state index contributed by atoms with van der Waals surface area (Å²) in [5.74, 6) is -0.376. The number of nitrogens with one attached hydrogen (secondary N) is 2. The molecular formula is C33H40N4O5. The lowest BCUT2D eigenvalue weighted by atomic mass is 9.99. The van der Waals surface area contributed by atoms with E-state index in [-0.39, 0.29) is 43.5 Å². The van der Waals surface area contributed by atoms with Crippen LogP contribution in [0.5, 0.6) is 0 Å². The molecule has 1 heterocycles. The van der Waals surface area contributed by atoms with E-state index in [1.54, 1.807) is 24.3 Å². The van der Waals surface area contributed by atoms with Crippen LogP contribution in [0.15, 0.2) is 85.5 Å². The van der Waals surface area contributed by atoms with E-state index in [9.17, 15) is 14.7 Å². The first-order valence-electron chi connectivity index (χ1n) is 14.2. The summed E-state index contributed by atoms with van der Waals surface area (Å²) in [6.45, 7) is 5.26. The molecule has 0 bridgehead atoms. The Morgan fingerprint density at radius 2 is 1.74 bits per heavy atom. The van der Waals surface area contributed by atoms with Crippen LogP contribution >= 0.6 is 0 Å². The summed E-state index contributed by atoms with van der Waals surface area (Å²) in [6, 6.07) is 22.3. The molecule has 0 radical (unpaired) electrons. The number of nitrogen functional groups attached to an aromatic ring is 1. The van der Waals surface area contributed by atoms with Crippen LogP contribution in [0.2, 0.25) is 0 Å². The molecule has 3 atom stereocenters. The fraction of sp³-hybridized carbons (Fsp3) is 0.333. The number of carbonyl (C=O) groups is 2. The van der Waals surface area contributed by atoms with Crippen molar-refractivity contribution in [3.8, 4) is 0 Å². The van der Waals surface area contributed by atoms with Crippen molar-refractivity contribution in [2.24, 2.45) is 0 Å². The van der Waals surface area contributed by atoms with Gasteiger partial charge in [-0.25, -0.2) is 0 Å². The zero-order valence-corrected chi connectivity index (χ0v) is 24.0. The van der Waals surface area contributed by atoms with Gasteiger partial charge in [0.05, 0.1) is 30.2 Å². The number of hydrogen-bond donors (Lipinski definition) is 4. The smallest absolute Gasteiger partial charge is 0.224 e. The van der Waals surface area contributed by atoms with Gasteiger partial charge in [-0.2, -0.15) is 0 Å². The number of carbonyl (C=O) groups excluding carboxylic acids is 2. The van der Waals surface area contributed by atoms with Gasteiger partial charge >= 0.3 is 0 Å². The maximum atomic E-state index is 12.7. The Kier molecular flexibility index (Phi) is 11.2. The van der Waals surface area contributed by atoms with Crippen LogP contribution in [0.4, 0.5) is 17.1 Å². The minimum Gasteiger partial charge on any atom is -0.397 e. The van der Waals surface area contributed by atoms with Gasteiger partial charge in [-0.15, -0.1) is 6.58 Å². The molecule has 0 spiro atoms. The van der Waals surface area contributed by atoms with E-state index in [0.29, 0.717) is 36.4 Å². The summed E-state index contributed by atoms with van der Waals surface area (Å²) in [5.41, 5.74) is 10.2. The second-order valence-electron chi connectivity index (χ2n) is 10.5. The van der Waals surface area contributed by atoms with Gasteiger partial charge in [0, 0.05) is 43.6 Å². The third-order valence-corrected chi connectivity index (χ3v) is 7.06. The fourth-order valence-electron chi connectivity index (χ4n) is 4.90. The first kappa shape index (κ1) is 30.9. The van der Waals surface area contributed by atoms with Gasteiger partial charge in [-0.1, -0.05) is 54.6 Å². The minimum atomic E-state index is -0.630. The van der Waals surface area contributed by atoms with Gasteiger partial charge in [0.2, 0.25) is 11.8 Å². The van der Waals surface area contributed by atoms with Gasteiger partial charge < -0.3 is 35.8 Å². The van der Waals surface area contributed by atoms with E-state index >= 15 is 0 Å². The largest absolute Gasteiger partial charge is 0.397 e. The number of benzene rings is 3. The number of aliphatic hydroxyl groups excluding tert-OH is 1. The Balaban J connectivity index is 1.37. The average Bonchev–Trinajstić information content (AvgIpc) is 2.98. The van der Waals surface area contributed by atoms with Crippen molar-refractivity contribution in [3.05, 3.63) is 102 Å². The lowest BCUT2D eigenvalue weighted by Gasteiger charge is -2.37. The minimum absolute atomic E-state index is 0.0129. The van der Waals surface area contributed by atoms with Gasteiger partial charge in [0.25, 0.3) is 0 Å². The summed E-state index contributed by atoms with van der Waals surface area (Å²) < 4.78 is 12.8. The number of amides is 2. The Morgan fingerprint density at radius 3 is 2.45 bits per heavy atom. The lowest BCUT2D eigenvalue weighted by Crippen LogP contribution is -2.37. The van der Waals surface area contributed by atoms with Crippen LogP contribution in [0, 0.1) is 0 Å². The molecule has 0 saturated carbocycles. The molecule has 0 aromatic heterocycles. The molecule has 3 unspecified atom stereocenters. The highest BCUT2D eigenvalue weighted by Crippen LogP contribution is 2.38. The zero-order chi connectivity index (χ0) is 29.9. The quantitative estimate of drug-likeness (QED) is 0.164. The summed E-state index contributed by atoms with van der Waals surface area (Å²) in [5, 5.41) is 15.1. The summed E-state index contributed by atoms with van der Waals surface area (Å²) in [7, 11) is 2.03. The van der Waals surface area contributed by atoms with E-state index in [4.69, 9.17) is 15.2 Å². The van der Waals surface area contributed by atoms with Crippen molar-refractivity contribution in [3.63, 3.8) is 0 Å². The molecule has 5 N–H and O–H groups in total. The van der Waals surface area contributed by atoms with E-state index < -0.39 is 6.29 Å². The van der Waals surface area contributed by atoms with Crippen molar-refractivity contribution < 1.29 is 24.2 Å². The molecule has 1 aliphatic heterocycles. The summed E-state index contributed by atoms with van der Waals surface area (Å²) >= 11 is 0. The van der Waals surface area contributed by atoms with Crippen molar-refractivity contribution >= 4 is 28.9 Å². The number of para-hydroxylation sites is 2. The Hall–Kier alpha value is -4.02. The molecule has 42 heavy (non-hydrogen) atoms. The molecule has 2 amide bonds. The Morgan fingerprint density at radius 1 is 1.00 bits per heavy atom. The topological polar surface area (TPSA) is 126 Å². The molecule has 0 aliphatic carbocycles. The highest BCUT2D eigenvalue weighted by Gasteiger charge is 2.32. The van der Waals surface area contributed by atoms with Crippen molar-refractivity contribution in [2.75, 3.05) is 36.5 Å². The van der Waals surface area contributed by atoms with Crippen molar-refractivity contribution in [1.29, 1.82) is 0 Å². The second kappa shape index (κ2) is 15.3. The van der Waals surface area contributed by atoms with Crippen LogP contribution in [-0.2, 0) is 25.7 Å². The van der Waals surface area contributed by atoms with Crippen molar-refractivity contribution in [1.82, 2.24) is 4.90 Å². The third-order valence-electron chi connectivity index (χ3n) is 7.06. The molecule has 3 aromatic rings. The second-order valence-corrected chi connectivity index (χ2v) is 10.5. The van der Waals surface area contributed by atoms with Crippen LogP contribution in [0.3, 0.4) is 0 Å². The van der Waals surface area contributed by atoms with Crippen molar-refractivity contribution in [2.45, 2.75) is 50.8 Å². The first-order valence-corrected chi connectivity index (χ1v) is 14.2. The maximum Gasteiger partial charge on any atom is 0.224 e. The molecular weight excluding hydrogens is 532 g/mol.